The minimum atomic E-state index is -3.68. The molecule has 3 aromatic rings. The van der Waals surface area contributed by atoms with Crippen LogP contribution in [-0.2, 0) is 27.7 Å². The third-order valence-corrected chi connectivity index (χ3v) is 9.56. The molecule has 4 rings (SSSR count). The normalized spacial score (nSPS) is 16.3. The van der Waals surface area contributed by atoms with Crippen molar-refractivity contribution >= 4 is 38.2 Å². The SMILES string of the molecule is CCC(C)NS(=O)(=O)c1sc(N(C)C(=O)C2Cc3ccc(-c4cccc(N)n4)cc3C2)nc1C. The van der Waals surface area contributed by atoms with Gasteiger partial charge in [0.05, 0.1) is 11.4 Å². The number of nitrogens with zero attached hydrogens (tertiary/aromatic N) is 3. The molecule has 2 heterocycles. The van der Waals surface area contributed by atoms with E-state index >= 15 is 0 Å². The average Bonchev–Trinajstić information content (AvgIpc) is 3.41. The Morgan fingerprint density at radius 1 is 1.24 bits per heavy atom. The predicted molar refractivity (Wildman–Crippen MR) is 135 cm³/mol. The van der Waals surface area contributed by atoms with Gasteiger partial charge in [0.2, 0.25) is 5.91 Å². The first-order valence-corrected chi connectivity index (χ1v) is 13.5. The van der Waals surface area contributed by atoms with Gasteiger partial charge in [-0.05, 0) is 62.4 Å². The number of anilines is 2. The van der Waals surface area contributed by atoms with Gasteiger partial charge in [0.15, 0.2) is 9.34 Å². The lowest BCUT2D eigenvalue weighted by molar-refractivity contribution is -0.121. The molecule has 180 valence electrons. The standard InChI is InChI=1S/C24H29N5O3S2/c1-5-14(2)28-34(31,32)23-15(3)26-24(33-23)29(4)22(30)19-11-16-9-10-17(12-18(16)13-19)20-7-6-8-21(25)27-20/h6-10,12,14,19,28H,5,11,13H2,1-4H3,(H2,25,27). The quantitative estimate of drug-likeness (QED) is 0.513. The number of aromatic nitrogens is 2. The topological polar surface area (TPSA) is 118 Å². The number of thiazole rings is 1. The molecule has 1 aromatic carbocycles. The Morgan fingerprint density at radius 2 is 1.97 bits per heavy atom. The second-order valence-electron chi connectivity index (χ2n) is 8.73. The predicted octanol–water partition coefficient (Wildman–Crippen LogP) is 3.55. The maximum Gasteiger partial charge on any atom is 0.252 e. The number of pyridine rings is 1. The number of hydrogen-bond donors (Lipinski definition) is 2. The van der Waals surface area contributed by atoms with Crippen LogP contribution in [0.3, 0.4) is 0 Å². The second-order valence-corrected chi connectivity index (χ2v) is 11.6. The number of nitrogen functional groups attached to an aromatic ring is 1. The molecule has 1 aliphatic rings. The van der Waals surface area contributed by atoms with Gasteiger partial charge >= 0.3 is 0 Å². The summed E-state index contributed by atoms with van der Waals surface area (Å²) < 4.78 is 28.3. The maximum absolute atomic E-state index is 13.3. The Morgan fingerprint density at radius 3 is 2.68 bits per heavy atom. The Labute approximate surface area is 204 Å². The summed E-state index contributed by atoms with van der Waals surface area (Å²) in [6, 6.07) is 11.5. The van der Waals surface area contributed by atoms with Crippen molar-refractivity contribution in [2.24, 2.45) is 5.92 Å². The number of nitrogens with one attached hydrogen (secondary N) is 1. The van der Waals surface area contributed by atoms with Crippen molar-refractivity contribution in [2.45, 2.75) is 50.3 Å². The van der Waals surface area contributed by atoms with Gasteiger partial charge in [-0.15, -0.1) is 0 Å². The second kappa shape index (κ2) is 9.44. The van der Waals surface area contributed by atoms with E-state index in [0.717, 1.165) is 33.7 Å². The van der Waals surface area contributed by atoms with Crippen molar-refractivity contribution in [2.75, 3.05) is 17.7 Å². The van der Waals surface area contributed by atoms with Gasteiger partial charge in [0.25, 0.3) is 10.0 Å². The van der Waals surface area contributed by atoms with E-state index < -0.39 is 10.0 Å². The number of benzene rings is 1. The summed E-state index contributed by atoms with van der Waals surface area (Å²) in [6.07, 6.45) is 1.92. The summed E-state index contributed by atoms with van der Waals surface area (Å²) in [5.41, 5.74) is 10.2. The van der Waals surface area contributed by atoms with Gasteiger partial charge in [-0.1, -0.05) is 36.5 Å². The molecule has 10 heteroatoms. The molecule has 2 atom stereocenters. The van der Waals surface area contributed by atoms with Crippen molar-refractivity contribution in [1.82, 2.24) is 14.7 Å². The monoisotopic (exact) mass is 499 g/mol. The van der Waals surface area contributed by atoms with Crippen LogP contribution in [0.1, 0.15) is 37.1 Å². The smallest absolute Gasteiger partial charge is 0.252 e. The molecule has 2 unspecified atom stereocenters. The van der Waals surface area contributed by atoms with Gasteiger partial charge in [0, 0.05) is 24.6 Å². The number of sulfonamides is 1. The molecule has 0 fully saturated rings. The molecule has 0 radical (unpaired) electrons. The molecule has 34 heavy (non-hydrogen) atoms. The third kappa shape index (κ3) is 4.84. The highest BCUT2D eigenvalue weighted by molar-refractivity contribution is 7.91. The van der Waals surface area contributed by atoms with Crippen molar-refractivity contribution < 1.29 is 13.2 Å². The molecule has 0 bridgehead atoms. The van der Waals surface area contributed by atoms with E-state index in [2.05, 4.69) is 20.8 Å². The molecular formula is C24H29N5O3S2. The number of carbonyl (C=O) groups is 1. The van der Waals surface area contributed by atoms with Gasteiger partial charge in [-0.2, -0.15) is 0 Å². The summed E-state index contributed by atoms with van der Waals surface area (Å²) in [5, 5.41) is 0.382. The van der Waals surface area contributed by atoms with Crippen LogP contribution in [0.5, 0.6) is 0 Å². The molecule has 0 saturated carbocycles. The first-order valence-electron chi connectivity index (χ1n) is 11.2. The first-order chi connectivity index (χ1) is 16.1. The van der Waals surface area contributed by atoms with E-state index in [4.69, 9.17) is 5.73 Å². The molecule has 1 aliphatic carbocycles. The molecule has 0 saturated heterocycles. The van der Waals surface area contributed by atoms with Gasteiger partial charge in [0.1, 0.15) is 5.82 Å². The number of nitrogens with two attached hydrogens (primary N) is 1. The van der Waals surface area contributed by atoms with Crippen molar-refractivity contribution in [3.63, 3.8) is 0 Å². The Bertz CT molecular complexity index is 1340. The first kappa shape index (κ1) is 24.3. The lowest BCUT2D eigenvalue weighted by Crippen LogP contribution is -2.33. The summed E-state index contributed by atoms with van der Waals surface area (Å²) in [7, 11) is -2.03. The van der Waals surface area contributed by atoms with Crippen LogP contribution < -0.4 is 15.4 Å². The Hall–Kier alpha value is -2.82. The highest BCUT2D eigenvalue weighted by atomic mass is 32.2. The minimum absolute atomic E-state index is 0.0765. The van der Waals surface area contributed by atoms with E-state index in [0.29, 0.717) is 35.9 Å². The fourth-order valence-corrected chi connectivity index (χ4v) is 6.91. The number of aryl methyl sites for hydroxylation is 1. The van der Waals surface area contributed by atoms with Crippen LogP contribution in [0.15, 0.2) is 40.6 Å². The van der Waals surface area contributed by atoms with Gasteiger partial charge < -0.3 is 5.73 Å². The highest BCUT2D eigenvalue weighted by Gasteiger charge is 2.32. The van der Waals surface area contributed by atoms with Gasteiger partial charge in [-0.25, -0.2) is 23.1 Å². The van der Waals surface area contributed by atoms with Crippen molar-refractivity contribution in [3.05, 3.63) is 53.2 Å². The van der Waals surface area contributed by atoms with Crippen LogP contribution in [0.25, 0.3) is 11.3 Å². The number of carbonyl (C=O) groups excluding carboxylic acids is 1. The molecular weight excluding hydrogens is 470 g/mol. The van der Waals surface area contributed by atoms with E-state index in [9.17, 15) is 13.2 Å². The lowest BCUT2D eigenvalue weighted by Gasteiger charge is -2.18. The molecule has 3 N–H and O–H groups in total. The number of fused-ring (bicyclic) bond motifs is 1. The molecule has 1 amide bonds. The van der Waals surface area contributed by atoms with Crippen LogP contribution in [-0.4, -0.2) is 37.4 Å². The zero-order valence-corrected chi connectivity index (χ0v) is 21.3. The number of amides is 1. The van der Waals surface area contributed by atoms with Crippen molar-refractivity contribution in [1.29, 1.82) is 0 Å². The number of rotatable bonds is 7. The molecule has 2 aromatic heterocycles. The fraction of sp³-hybridized carbons (Fsp3) is 0.375. The zero-order valence-electron chi connectivity index (χ0n) is 19.7. The van der Waals surface area contributed by atoms with Crippen LogP contribution in [0, 0.1) is 12.8 Å². The summed E-state index contributed by atoms with van der Waals surface area (Å²) in [6.45, 7) is 5.39. The molecule has 0 aliphatic heterocycles. The number of hydrogen-bond acceptors (Lipinski definition) is 7. The fourth-order valence-electron chi connectivity index (χ4n) is 4.10. The average molecular weight is 500 g/mol. The van der Waals surface area contributed by atoms with Crippen LogP contribution >= 0.6 is 11.3 Å². The maximum atomic E-state index is 13.3. The summed E-state index contributed by atoms with van der Waals surface area (Å²) in [4.78, 5) is 23.6. The van der Waals surface area contributed by atoms with Crippen LogP contribution in [0.2, 0.25) is 0 Å². The van der Waals surface area contributed by atoms with E-state index in [-0.39, 0.29) is 22.1 Å². The highest BCUT2D eigenvalue weighted by Crippen LogP contribution is 2.34. The third-order valence-electron chi connectivity index (χ3n) is 6.13. The van der Waals surface area contributed by atoms with Crippen molar-refractivity contribution in [3.8, 4) is 11.3 Å². The molecule has 8 nitrogen and oxygen atoms in total. The molecule has 0 spiro atoms. The summed E-state index contributed by atoms with van der Waals surface area (Å²) >= 11 is 1.02. The minimum Gasteiger partial charge on any atom is -0.384 e. The zero-order chi connectivity index (χ0) is 24.6. The Kier molecular flexibility index (Phi) is 6.75. The van der Waals surface area contributed by atoms with Gasteiger partial charge in [-0.3, -0.25) is 9.69 Å². The largest absolute Gasteiger partial charge is 0.384 e. The van der Waals surface area contributed by atoms with E-state index in [1.807, 2.05) is 38.1 Å². The van der Waals surface area contributed by atoms with E-state index in [1.54, 1.807) is 20.0 Å². The Balaban J connectivity index is 1.51. The van der Waals surface area contributed by atoms with Crippen LogP contribution in [0.4, 0.5) is 10.9 Å². The summed E-state index contributed by atoms with van der Waals surface area (Å²) in [5.74, 6) is 0.158. The van der Waals surface area contributed by atoms with E-state index in [1.165, 1.54) is 4.90 Å². The lowest BCUT2D eigenvalue weighted by atomic mass is 10.0.